The molecular formula is C107H107N19O2. The normalized spacial score (nSPS) is 20.2. The van der Waals surface area contributed by atoms with E-state index in [2.05, 4.69) is 155 Å². The zero-order chi connectivity index (χ0) is 88.2. The van der Waals surface area contributed by atoms with Gasteiger partial charge in [-0.3, -0.25) is 24.1 Å². The summed E-state index contributed by atoms with van der Waals surface area (Å²) in [6.07, 6.45) is 32.4. The van der Waals surface area contributed by atoms with Crippen LogP contribution in [-0.2, 0) is 37.0 Å². The highest BCUT2D eigenvalue weighted by Gasteiger charge is 2.57. The van der Waals surface area contributed by atoms with Crippen molar-refractivity contribution >= 4 is 11.8 Å². The van der Waals surface area contributed by atoms with Crippen LogP contribution in [0.4, 0.5) is 0 Å². The van der Waals surface area contributed by atoms with E-state index < -0.39 is 27.4 Å². The molecule has 15 aromatic rings. The SMILES string of the molecule is NC(=O)C(c1ccccc1)(c1ccccc1)C1CC[C@H](n2cncn2)C1.NC(=O)C(c1ccccc1)(c1ccccc1)C1CC[C@H](n2cnnc2)C1.[C-]#[N+]C(c1ccccc1)(c1ccccc1)C1CC[C@H](n2ccnc2C)C1.[C-]#[N+]C(c1ccccc1)(c1ccccc1)C1CC[C@H](n2cncn2)C1.[C-]#[N+]C(c1ccccc1)(c1ccccc1)C1CC[C@H](n2cnnc2)C1. The number of nitrogens with zero attached hydrogens (tertiary/aromatic N) is 17. The number of carbonyl (C=O) groups excluding carboxylic acids is 2. The fourth-order valence-electron chi connectivity index (χ4n) is 22.1. The van der Waals surface area contributed by atoms with E-state index in [0.717, 1.165) is 158 Å². The first-order valence-corrected chi connectivity index (χ1v) is 44.6. The molecule has 642 valence electrons. The van der Waals surface area contributed by atoms with Crippen LogP contribution in [-0.4, -0.2) is 80.4 Å². The predicted octanol–water partition coefficient (Wildman–Crippen LogP) is 20.5. The molecule has 5 unspecified atom stereocenters. The zero-order valence-electron chi connectivity index (χ0n) is 72.1. The second-order valence-electron chi connectivity index (χ2n) is 34.4. The van der Waals surface area contributed by atoms with Crippen molar-refractivity contribution in [2.24, 2.45) is 41.1 Å². The Kier molecular flexibility index (Phi) is 27.2. The lowest BCUT2D eigenvalue weighted by molar-refractivity contribution is -0.124. The molecule has 0 spiro atoms. The summed E-state index contributed by atoms with van der Waals surface area (Å²) in [7, 11) is 0. The van der Waals surface area contributed by atoms with E-state index in [0.29, 0.717) is 24.2 Å². The molecule has 21 nitrogen and oxygen atoms in total. The molecule has 0 aliphatic heterocycles. The summed E-state index contributed by atoms with van der Waals surface area (Å²) < 4.78 is 10.3. The molecule has 10 atom stereocenters. The highest BCUT2D eigenvalue weighted by atomic mass is 16.2. The number of hydrogen-bond donors (Lipinski definition) is 2. The molecule has 0 saturated heterocycles. The molecule has 5 aromatic heterocycles. The minimum absolute atomic E-state index is 0.110. The Balaban J connectivity index is 0.000000117. The summed E-state index contributed by atoms with van der Waals surface area (Å²) in [5.41, 5.74) is 19.1. The molecule has 5 heterocycles. The standard InChI is InChI=1S/C23H23N3.2C21H22N4O.2C21H20N4/c1-18-25-15-16-26(18)22-14-13-21(17-22)23(24-2,19-9-5-3-6-10-19)20-11-7-4-8-12-20;22-20(26)21(16-7-3-1-4-8-16,17-9-5-2-6-10-17)18-11-12-19(13-18)25-14-23-24-15-25;22-20(26)21(16-7-3-1-4-8-16,17-9-5-2-6-10-17)18-11-12-19(13-18)25-15-23-14-24-25;1-22-21(17-8-4-2-5-9-17,18-10-6-3-7-11-18)19-12-13-20(14-19)25-15-23-24-16-25;1-22-21(17-8-4-2-5-9-17,18-10-6-3-7-11-18)19-12-13-20(14-19)25-16-23-15-24-25/h3-12,15-16,21-22H,13-14,17H2,1H3;2*1-10,14-15,18-19H,11-13H2,(H2,22,26);2*2-11,15-16,19-20H,12-14H2/t21?,22-;2*18?,19-;2*19?,20-/m00000/s1. The number of hydrogen-bond acceptors (Lipinski definition) is 11. The number of nitrogens with two attached hydrogens (primary N) is 2. The minimum Gasteiger partial charge on any atom is -0.369 e. The van der Waals surface area contributed by atoms with Crippen LogP contribution in [0.15, 0.2) is 366 Å². The number of primary amides is 2. The average Bonchev–Trinajstić information content (AvgIpc) is 1.27. The quantitative estimate of drug-likeness (QED) is 0.0605. The summed E-state index contributed by atoms with van der Waals surface area (Å²) in [6.45, 7) is 26.7. The lowest BCUT2D eigenvalue weighted by Gasteiger charge is -2.37. The maximum Gasteiger partial charge on any atom is 0.285 e. The van der Waals surface area contributed by atoms with Crippen molar-refractivity contribution in [1.82, 2.24) is 68.6 Å². The molecule has 20 rings (SSSR count). The number of aryl methyl sites for hydroxylation is 1. The molecule has 10 aromatic carbocycles. The molecular weight excluding hydrogens is 1580 g/mol. The van der Waals surface area contributed by atoms with E-state index in [-0.39, 0.29) is 47.4 Å². The third-order valence-electron chi connectivity index (χ3n) is 28.1. The van der Waals surface area contributed by atoms with Crippen LogP contribution < -0.4 is 11.5 Å². The topological polar surface area (TPSA) is 240 Å². The fraction of sp³-hybridized carbons (Fsp3) is 0.290. The molecule has 2 amide bonds. The lowest BCUT2D eigenvalue weighted by Crippen LogP contribution is -2.47. The van der Waals surface area contributed by atoms with Crippen molar-refractivity contribution in [2.75, 3.05) is 0 Å². The van der Waals surface area contributed by atoms with Gasteiger partial charge in [-0.05, 0) is 137 Å². The van der Waals surface area contributed by atoms with Crippen LogP contribution in [0.25, 0.3) is 14.5 Å². The number of carbonyl (C=O) groups is 2. The van der Waals surface area contributed by atoms with Gasteiger partial charge >= 0.3 is 0 Å². The van der Waals surface area contributed by atoms with Gasteiger partial charge in [-0.25, -0.2) is 44.0 Å². The largest absolute Gasteiger partial charge is 0.369 e. The molecule has 4 N–H and O–H groups in total. The molecule has 0 bridgehead atoms. The van der Waals surface area contributed by atoms with Gasteiger partial charge in [-0.2, -0.15) is 10.2 Å². The van der Waals surface area contributed by atoms with Crippen LogP contribution >= 0.6 is 0 Å². The van der Waals surface area contributed by atoms with Gasteiger partial charge in [-0.15, -0.1) is 20.4 Å². The van der Waals surface area contributed by atoms with Gasteiger partial charge in [0.25, 0.3) is 16.6 Å². The van der Waals surface area contributed by atoms with Crippen molar-refractivity contribution in [3.05, 3.63) is 462 Å². The first-order chi connectivity index (χ1) is 62.9. The van der Waals surface area contributed by atoms with Crippen LogP contribution in [0, 0.1) is 56.2 Å². The van der Waals surface area contributed by atoms with E-state index in [1.54, 1.807) is 50.6 Å². The van der Waals surface area contributed by atoms with Gasteiger partial charge in [0.05, 0.1) is 12.1 Å². The molecule has 128 heavy (non-hydrogen) atoms. The summed E-state index contributed by atoms with van der Waals surface area (Å²) in [4.78, 5) is 51.4. The van der Waals surface area contributed by atoms with Crippen LogP contribution in [0.1, 0.15) is 188 Å². The molecule has 21 heteroatoms. The van der Waals surface area contributed by atoms with Crippen molar-refractivity contribution < 1.29 is 9.59 Å². The Labute approximate surface area is 749 Å². The second kappa shape index (κ2) is 40.1. The Hall–Kier alpha value is -14.6. The van der Waals surface area contributed by atoms with E-state index in [9.17, 15) is 9.59 Å². The molecule has 5 aliphatic carbocycles. The van der Waals surface area contributed by atoms with Crippen LogP contribution in [0.5, 0.6) is 0 Å². The van der Waals surface area contributed by atoms with E-state index >= 15 is 0 Å². The van der Waals surface area contributed by atoms with Gasteiger partial charge < -0.3 is 25.2 Å². The number of benzene rings is 10. The Morgan fingerprint density at radius 2 is 0.547 bits per heavy atom. The first-order valence-electron chi connectivity index (χ1n) is 44.6. The van der Waals surface area contributed by atoms with Crippen LogP contribution in [0.2, 0.25) is 0 Å². The Morgan fingerprint density at radius 3 is 0.797 bits per heavy atom. The molecule has 5 saturated carbocycles. The van der Waals surface area contributed by atoms with Gasteiger partial charge in [0.15, 0.2) is 0 Å². The van der Waals surface area contributed by atoms with Crippen molar-refractivity contribution in [3.8, 4) is 0 Å². The van der Waals surface area contributed by atoms with Gasteiger partial charge in [0, 0.05) is 81.7 Å². The van der Waals surface area contributed by atoms with Crippen LogP contribution in [0.3, 0.4) is 0 Å². The fourth-order valence-corrected chi connectivity index (χ4v) is 22.1. The number of imidazole rings is 1. The van der Waals surface area contributed by atoms with Gasteiger partial charge in [-0.1, -0.05) is 303 Å². The summed E-state index contributed by atoms with van der Waals surface area (Å²) >= 11 is 0. The van der Waals surface area contributed by atoms with E-state index in [1.807, 2.05) is 251 Å². The third-order valence-corrected chi connectivity index (χ3v) is 28.1. The number of amides is 2. The number of aromatic nitrogens is 14. The van der Waals surface area contributed by atoms with E-state index in [4.69, 9.17) is 31.2 Å². The summed E-state index contributed by atoms with van der Waals surface area (Å²) in [5.74, 6) is 1.52. The van der Waals surface area contributed by atoms with Crippen molar-refractivity contribution in [3.63, 3.8) is 0 Å². The monoisotopic (exact) mass is 1690 g/mol. The first kappa shape index (κ1) is 86.9. The maximum absolute atomic E-state index is 13.0. The third kappa shape index (κ3) is 17.4. The Bertz CT molecular complexity index is 5580. The lowest BCUT2D eigenvalue weighted by atomic mass is 9.64. The highest BCUT2D eigenvalue weighted by Crippen LogP contribution is 2.56. The minimum atomic E-state index is -0.835. The highest BCUT2D eigenvalue weighted by molar-refractivity contribution is 5.92. The van der Waals surface area contributed by atoms with Crippen molar-refractivity contribution in [1.29, 1.82) is 0 Å². The molecule has 0 radical (unpaired) electrons. The second-order valence-corrected chi connectivity index (χ2v) is 34.4. The maximum atomic E-state index is 13.0. The molecule has 5 aliphatic rings. The van der Waals surface area contributed by atoms with Gasteiger partial charge in [0.1, 0.15) is 67.3 Å². The number of rotatable bonds is 22. The predicted molar refractivity (Wildman–Crippen MR) is 495 cm³/mol. The van der Waals surface area contributed by atoms with E-state index in [1.165, 1.54) is 0 Å². The van der Waals surface area contributed by atoms with Crippen molar-refractivity contribution in [2.45, 2.75) is 161 Å². The smallest absolute Gasteiger partial charge is 0.285 e. The summed E-state index contributed by atoms with van der Waals surface area (Å²) in [6, 6.07) is 103. The molecule has 5 fully saturated rings. The van der Waals surface area contributed by atoms with Gasteiger partial charge in [0.2, 0.25) is 11.8 Å². The Morgan fingerprint density at radius 1 is 0.312 bits per heavy atom. The summed E-state index contributed by atoms with van der Waals surface area (Å²) in [5, 5.41) is 24.3. The zero-order valence-corrected chi connectivity index (χ0v) is 72.1. The average molecular weight is 1690 g/mol.